The summed E-state index contributed by atoms with van der Waals surface area (Å²) < 4.78 is 26.5. The molecule has 2 N–H and O–H groups in total. The van der Waals surface area contributed by atoms with Crippen LogP contribution in [0.15, 0.2) is 41.4 Å². The van der Waals surface area contributed by atoms with E-state index in [9.17, 15) is 13.5 Å². The number of nitrogens with zero attached hydrogens (tertiary/aromatic N) is 3. The summed E-state index contributed by atoms with van der Waals surface area (Å²) in [6.45, 7) is 3.24. The second-order valence-electron chi connectivity index (χ2n) is 7.48. The van der Waals surface area contributed by atoms with Gasteiger partial charge in [0.2, 0.25) is 10.0 Å². The van der Waals surface area contributed by atoms with Crippen LogP contribution < -0.4 is 4.90 Å². The van der Waals surface area contributed by atoms with Gasteiger partial charge in [-0.15, -0.1) is 0 Å². The average molecular weight is 401 g/mol. The fourth-order valence-corrected chi connectivity index (χ4v) is 4.52. The van der Waals surface area contributed by atoms with Crippen LogP contribution in [0, 0.1) is 6.92 Å². The molecule has 1 aromatic carbocycles. The molecule has 8 heteroatoms. The Bertz CT molecular complexity index is 1140. The molecule has 0 radical (unpaired) electrons. The minimum absolute atomic E-state index is 0.235. The summed E-state index contributed by atoms with van der Waals surface area (Å²) in [7, 11) is -0.513. The van der Waals surface area contributed by atoms with Crippen molar-refractivity contribution in [3.8, 4) is 11.3 Å². The van der Waals surface area contributed by atoms with Gasteiger partial charge in [-0.3, -0.25) is 4.98 Å². The van der Waals surface area contributed by atoms with E-state index >= 15 is 0 Å². The van der Waals surface area contributed by atoms with Crippen molar-refractivity contribution in [1.82, 2.24) is 14.3 Å². The number of aromatic amines is 1. The molecule has 1 aliphatic rings. The van der Waals surface area contributed by atoms with E-state index in [-0.39, 0.29) is 11.0 Å². The number of aryl methyl sites for hydroxylation is 1. The van der Waals surface area contributed by atoms with Gasteiger partial charge in [0.05, 0.1) is 27.7 Å². The summed E-state index contributed by atoms with van der Waals surface area (Å²) >= 11 is 0. The lowest BCUT2D eigenvalue weighted by Gasteiger charge is -2.22. The molecule has 0 saturated carbocycles. The Morgan fingerprint density at radius 2 is 2.04 bits per heavy atom. The van der Waals surface area contributed by atoms with Gasteiger partial charge in [0, 0.05) is 44.6 Å². The second-order valence-corrected chi connectivity index (χ2v) is 9.64. The van der Waals surface area contributed by atoms with Crippen LogP contribution in [-0.4, -0.2) is 61.1 Å². The molecule has 4 rings (SSSR count). The first-order chi connectivity index (χ1) is 13.3. The highest BCUT2D eigenvalue weighted by Gasteiger charge is 2.26. The lowest BCUT2D eigenvalue weighted by molar-refractivity contribution is 0.198. The first-order valence-corrected chi connectivity index (χ1v) is 10.6. The molecule has 3 aromatic rings. The van der Waals surface area contributed by atoms with Crippen LogP contribution in [0.3, 0.4) is 0 Å². The molecule has 3 heterocycles. The summed E-state index contributed by atoms with van der Waals surface area (Å²) in [5.74, 6) is 0. The Morgan fingerprint density at radius 1 is 1.25 bits per heavy atom. The molecule has 1 aliphatic heterocycles. The molecule has 28 heavy (non-hydrogen) atoms. The van der Waals surface area contributed by atoms with E-state index in [1.807, 2.05) is 31.3 Å². The van der Waals surface area contributed by atoms with Crippen molar-refractivity contribution in [2.45, 2.75) is 24.3 Å². The maximum absolute atomic E-state index is 12.7. The molecule has 1 fully saturated rings. The minimum Gasteiger partial charge on any atom is -0.391 e. The lowest BCUT2D eigenvalue weighted by atomic mass is 10.1. The second kappa shape index (κ2) is 6.88. The Morgan fingerprint density at radius 3 is 2.71 bits per heavy atom. The zero-order valence-corrected chi connectivity index (χ0v) is 17.0. The monoisotopic (exact) mass is 400 g/mol. The number of β-amino-alcohol motifs (C(OH)–C–C–N with tert-alkyl or cyclic N) is 1. The summed E-state index contributed by atoms with van der Waals surface area (Å²) in [5, 5.41) is 9.96. The number of fused-ring (bicyclic) bond motifs is 1. The number of anilines is 1. The number of hydrogen-bond donors (Lipinski definition) is 2. The molecule has 0 spiro atoms. The van der Waals surface area contributed by atoms with Crippen LogP contribution in [-0.2, 0) is 10.0 Å². The minimum atomic E-state index is -3.56. The Labute approximate surface area is 164 Å². The molecule has 1 saturated heterocycles. The highest BCUT2D eigenvalue weighted by atomic mass is 32.2. The van der Waals surface area contributed by atoms with Crippen molar-refractivity contribution in [2.75, 3.05) is 32.1 Å². The zero-order valence-electron chi connectivity index (χ0n) is 16.2. The number of pyridine rings is 1. The van der Waals surface area contributed by atoms with Crippen LogP contribution in [0.1, 0.15) is 12.0 Å². The van der Waals surface area contributed by atoms with Gasteiger partial charge < -0.3 is 15.0 Å². The number of benzene rings is 1. The number of hydrogen-bond acceptors (Lipinski definition) is 5. The van der Waals surface area contributed by atoms with E-state index in [4.69, 9.17) is 0 Å². The van der Waals surface area contributed by atoms with Crippen molar-refractivity contribution in [3.63, 3.8) is 0 Å². The maximum atomic E-state index is 12.7. The topological polar surface area (TPSA) is 89.5 Å². The fraction of sp³-hybridized carbons (Fsp3) is 0.350. The molecular weight excluding hydrogens is 376 g/mol. The van der Waals surface area contributed by atoms with Crippen LogP contribution in [0.2, 0.25) is 0 Å². The molecule has 148 valence electrons. The number of H-pyrrole nitrogens is 1. The van der Waals surface area contributed by atoms with E-state index in [2.05, 4.69) is 14.9 Å². The molecule has 0 bridgehead atoms. The number of nitrogens with one attached hydrogen (secondary N) is 1. The molecule has 2 aromatic heterocycles. The van der Waals surface area contributed by atoms with Gasteiger partial charge in [0.25, 0.3) is 0 Å². The quantitative estimate of drug-likeness (QED) is 0.702. The fourth-order valence-electron chi connectivity index (χ4n) is 3.60. The lowest BCUT2D eigenvalue weighted by Crippen LogP contribution is -2.24. The van der Waals surface area contributed by atoms with Crippen molar-refractivity contribution >= 4 is 26.7 Å². The molecule has 7 nitrogen and oxygen atoms in total. The number of aliphatic hydroxyl groups excluding tert-OH is 1. The SMILES string of the molecule is Cc1cnc2cc(-c3cc(S(=O)(=O)N(C)C)ccc3N3CC[C@@H](O)C3)[nH]c2c1. The third-order valence-corrected chi connectivity index (χ3v) is 6.96. The molecule has 0 unspecified atom stereocenters. The molecule has 1 atom stereocenters. The normalized spacial score (nSPS) is 17.8. The molecular formula is C20H24N4O3S. The number of sulfonamides is 1. The van der Waals surface area contributed by atoms with E-state index < -0.39 is 10.0 Å². The summed E-state index contributed by atoms with van der Waals surface area (Å²) in [5.41, 5.74) is 5.27. The van der Waals surface area contributed by atoms with E-state index in [1.54, 1.807) is 12.1 Å². The third-order valence-electron chi connectivity index (χ3n) is 5.15. The van der Waals surface area contributed by atoms with Gasteiger partial charge >= 0.3 is 0 Å². The zero-order chi connectivity index (χ0) is 20.1. The Kier molecular flexibility index (Phi) is 4.65. The van der Waals surface area contributed by atoms with Gasteiger partial charge in [-0.25, -0.2) is 12.7 Å². The number of aliphatic hydroxyl groups is 1. The Balaban J connectivity index is 1.90. The highest BCUT2D eigenvalue weighted by molar-refractivity contribution is 7.89. The predicted octanol–water partition coefficient (Wildman–Crippen LogP) is 2.36. The maximum Gasteiger partial charge on any atom is 0.242 e. The van der Waals surface area contributed by atoms with Gasteiger partial charge in [-0.05, 0) is 49.2 Å². The molecule has 0 amide bonds. The van der Waals surface area contributed by atoms with Crippen LogP contribution in [0.25, 0.3) is 22.3 Å². The average Bonchev–Trinajstić information content (AvgIpc) is 3.26. The van der Waals surface area contributed by atoms with Gasteiger partial charge in [-0.1, -0.05) is 0 Å². The summed E-state index contributed by atoms with van der Waals surface area (Å²) in [6, 6.07) is 9.11. The standard InChI is InChI=1S/C20H24N4O3S/c1-13-8-19-18(21-11-13)10-17(22-19)16-9-15(28(26,27)23(2)3)4-5-20(16)24-7-6-14(25)12-24/h4-5,8-11,14,22,25H,6-7,12H2,1-3H3/t14-/m1/s1. The van der Waals surface area contributed by atoms with Crippen LogP contribution >= 0.6 is 0 Å². The highest BCUT2D eigenvalue weighted by Crippen LogP contribution is 2.36. The van der Waals surface area contributed by atoms with E-state index in [0.29, 0.717) is 13.0 Å². The molecule has 0 aliphatic carbocycles. The van der Waals surface area contributed by atoms with Gasteiger partial charge in [0.1, 0.15) is 0 Å². The van der Waals surface area contributed by atoms with Crippen molar-refractivity contribution in [3.05, 3.63) is 42.1 Å². The van der Waals surface area contributed by atoms with E-state index in [0.717, 1.165) is 40.1 Å². The van der Waals surface area contributed by atoms with Crippen LogP contribution in [0.5, 0.6) is 0 Å². The number of rotatable bonds is 4. The smallest absolute Gasteiger partial charge is 0.242 e. The van der Waals surface area contributed by atoms with Gasteiger partial charge in [0.15, 0.2) is 0 Å². The van der Waals surface area contributed by atoms with Gasteiger partial charge in [-0.2, -0.15) is 0 Å². The first kappa shape index (κ1) is 18.9. The summed E-state index contributed by atoms with van der Waals surface area (Å²) in [4.78, 5) is 10.2. The first-order valence-electron chi connectivity index (χ1n) is 9.21. The Hall–Kier alpha value is -2.42. The van der Waals surface area contributed by atoms with Crippen molar-refractivity contribution in [1.29, 1.82) is 0 Å². The predicted molar refractivity (Wildman–Crippen MR) is 110 cm³/mol. The van der Waals surface area contributed by atoms with Crippen LogP contribution in [0.4, 0.5) is 5.69 Å². The van der Waals surface area contributed by atoms with E-state index in [1.165, 1.54) is 18.4 Å². The van der Waals surface area contributed by atoms with Crippen molar-refractivity contribution in [2.24, 2.45) is 0 Å². The van der Waals surface area contributed by atoms with Crippen molar-refractivity contribution < 1.29 is 13.5 Å². The number of aromatic nitrogens is 2. The largest absolute Gasteiger partial charge is 0.391 e. The summed E-state index contributed by atoms with van der Waals surface area (Å²) in [6.07, 6.45) is 2.14. The third kappa shape index (κ3) is 3.28.